The lowest BCUT2D eigenvalue weighted by Crippen LogP contribution is -2.33. The second-order valence-electron chi connectivity index (χ2n) is 7.14. The third-order valence-corrected chi connectivity index (χ3v) is 4.11. The first-order valence-electron chi connectivity index (χ1n) is 9.01. The number of hydrogen-bond donors (Lipinski definition) is 2. The maximum atomic E-state index is 12.8. The van der Waals surface area contributed by atoms with E-state index in [0.29, 0.717) is 28.1 Å². The summed E-state index contributed by atoms with van der Waals surface area (Å²) in [5, 5.41) is 12.7. The van der Waals surface area contributed by atoms with Crippen molar-refractivity contribution in [3.05, 3.63) is 52.4 Å². The molecule has 0 bridgehead atoms. The number of benzene rings is 1. The molecule has 0 fully saturated rings. The third-order valence-electron chi connectivity index (χ3n) is 4.11. The minimum atomic E-state index is -0.649. The Bertz CT molecular complexity index is 743. The molecule has 2 N–H and O–H groups in total. The van der Waals surface area contributed by atoms with Crippen molar-refractivity contribution in [2.24, 2.45) is 0 Å². The molecule has 0 unspecified atom stereocenters. The van der Waals surface area contributed by atoms with Crippen LogP contribution in [0.25, 0.3) is 0 Å². The molecule has 2 rings (SSSR count). The summed E-state index contributed by atoms with van der Waals surface area (Å²) in [6, 6.07) is 6.44. The largest absolute Gasteiger partial charge is 0.508 e. The molecule has 146 valence electrons. The van der Waals surface area contributed by atoms with Gasteiger partial charge in [0.1, 0.15) is 5.75 Å². The zero-order chi connectivity index (χ0) is 20.3. The van der Waals surface area contributed by atoms with Crippen molar-refractivity contribution in [2.45, 2.75) is 59.7 Å². The zero-order valence-electron chi connectivity index (χ0n) is 16.6. The van der Waals surface area contributed by atoms with Crippen LogP contribution in [0.1, 0.15) is 53.0 Å². The van der Waals surface area contributed by atoms with Crippen LogP contribution in [-0.2, 0) is 19.1 Å². The smallest absolute Gasteiger partial charge is 0.337 e. The van der Waals surface area contributed by atoms with Gasteiger partial charge in [-0.05, 0) is 59.2 Å². The Morgan fingerprint density at radius 3 is 1.67 bits per heavy atom. The second kappa shape index (κ2) is 8.29. The van der Waals surface area contributed by atoms with Crippen molar-refractivity contribution in [2.75, 3.05) is 0 Å². The van der Waals surface area contributed by atoms with E-state index in [0.717, 1.165) is 0 Å². The summed E-state index contributed by atoms with van der Waals surface area (Å²) in [5.74, 6) is -1.53. The first-order valence-corrected chi connectivity index (χ1v) is 9.01. The van der Waals surface area contributed by atoms with Gasteiger partial charge in [-0.15, -0.1) is 0 Å². The van der Waals surface area contributed by atoms with Crippen molar-refractivity contribution < 1.29 is 24.2 Å². The first-order chi connectivity index (χ1) is 12.6. The molecule has 0 aliphatic carbocycles. The summed E-state index contributed by atoms with van der Waals surface area (Å²) in [4.78, 5) is 25.6. The van der Waals surface area contributed by atoms with Crippen LogP contribution in [0, 0.1) is 0 Å². The van der Waals surface area contributed by atoms with Gasteiger partial charge in [0, 0.05) is 11.4 Å². The molecule has 0 amide bonds. The predicted octanol–water partition coefficient (Wildman–Crippen LogP) is 3.53. The number of esters is 2. The standard InChI is InChI=1S/C21H27NO5/c1-11(2)26-20(24)17-13(5)22-14(6)18(21(25)27-12(3)4)19(17)15-7-9-16(23)10-8-15/h7-12,19,22-23H,1-6H3. The van der Waals surface area contributed by atoms with E-state index in [4.69, 9.17) is 9.47 Å². The minimum absolute atomic E-state index is 0.103. The van der Waals surface area contributed by atoms with Gasteiger partial charge in [0.25, 0.3) is 0 Å². The molecular weight excluding hydrogens is 346 g/mol. The number of hydrogen-bond acceptors (Lipinski definition) is 6. The fourth-order valence-corrected chi connectivity index (χ4v) is 3.09. The van der Waals surface area contributed by atoms with Crippen LogP contribution in [0.15, 0.2) is 46.8 Å². The van der Waals surface area contributed by atoms with E-state index in [2.05, 4.69) is 5.32 Å². The Balaban J connectivity index is 2.60. The topological polar surface area (TPSA) is 84.9 Å². The molecule has 6 heteroatoms. The van der Waals surface area contributed by atoms with Crippen LogP contribution >= 0.6 is 0 Å². The molecule has 1 aliphatic rings. The Morgan fingerprint density at radius 1 is 0.889 bits per heavy atom. The van der Waals surface area contributed by atoms with Crippen LogP contribution in [0.5, 0.6) is 5.75 Å². The highest BCUT2D eigenvalue weighted by molar-refractivity contribution is 6.00. The molecule has 1 aromatic rings. The molecule has 1 heterocycles. The predicted molar refractivity (Wildman–Crippen MR) is 102 cm³/mol. The molecule has 0 saturated heterocycles. The Morgan fingerprint density at radius 2 is 1.30 bits per heavy atom. The van der Waals surface area contributed by atoms with Gasteiger partial charge in [-0.1, -0.05) is 12.1 Å². The molecule has 0 saturated carbocycles. The minimum Gasteiger partial charge on any atom is -0.508 e. The van der Waals surface area contributed by atoms with Gasteiger partial charge in [-0.25, -0.2) is 9.59 Å². The molecule has 0 aromatic heterocycles. The molecule has 6 nitrogen and oxygen atoms in total. The van der Waals surface area contributed by atoms with E-state index in [1.165, 1.54) is 12.1 Å². The van der Waals surface area contributed by atoms with Crippen molar-refractivity contribution >= 4 is 11.9 Å². The highest BCUT2D eigenvalue weighted by Gasteiger charge is 2.38. The summed E-state index contributed by atoms with van der Waals surface area (Å²) in [7, 11) is 0. The number of phenols is 1. The molecule has 0 spiro atoms. The van der Waals surface area contributed by atoms with Gasteiger partial charge < -0.3 is 19.9 Å². The molecule has 1 aliphatic heterocycles. The highest BCUT2D eigenvalue weighted by Crippen LogP contribution is 2.39. The van der Waals surface area contributed by atoms with Crippen molar-refractivity contribution in [1.82, 2.24) is 5.32 Å². The summed E-state index contributed by atoms with van der Waals surface area (Å²) < 4.78 is 10.8. The lowest BCUT2D eigenvalue weighted by molar-refractivity contribution is -0.143. The van der Waals surface area contributed by atoms with E-state index in [9.17, 15) is 14.7 Å². The van der Waals surface area contributed by atoms with E-state index < -0.39 is 17.9 Å². The fraction of sp³-hybridized carbons (Fsp3) is 0.429. The fourth-order valence-electron chi connectivity index (χ4n) is 3.09. The van der Waals surface area contributed by atoms with Crippen LogP contribution in [-0.4, -0.2) is 29.3 Å². The maximum absolute atomic E-state index is 12.8. The molecule has 0 radical (unpaired) electrons. The lowest BCUT2D eigenvalue weighted by atomic mass is 9.80. The SMILES string of the molecule is CC1=C(C(=O)OC(C)C)C(c2ccc(O)cc2)C(C(=O)OC(C)C)=C(C)N1. The average Bonchev–Trinajstić information content (AvgIpc) is 2.53. The normalized spacial score (nSPS) is 15.3. The second-order valence-corrected chi connectivity index (χ2v) is 7.14. The van der Waals surface area contributed by atoms with Gasteiger partial charge in [0.15, 0.2) is 0 Å². The lowest BCUT2D eigenvalue weighted by Gasteiger charge is -2.31. The Labute approximate surface area is 159 Å². The van der Waals surface area contributed by atoms with Crippen molar-refractivity contribution in [1.29, 1.82) is 0 Å². The number of aromatic hydroxyl groups is 1. The summed E-state index contributed by atoms with van der Waals surface area (Å²) >= 11 is 0. The van der Waals surface area contributed by atoms with Crippen LogP contribution < -0.4 is 5.32 Å². The van der Waals surface area contributed by atoms with Crippen LogP contribution in [0.4, 0.5) is 0 Å². The number of ether oxygens (including phenoxy) is 2. The average molecular weight is 373 g/mol. The number of carbonyl (C=O) groups is 2. The summed E-state index contributed by atoms with van der Waals surface area (Å²) in [6.07, 6.45) is -0.590. The number of carbonyl (C=O) groups excluding carboxylic acids is 2. The van der Waals surface area contributed by atoms with Crippen LogP contribution in [0.2, 0.25) is 0 Å². The maximum Gasteiger partial charge on any atom is 0.337 e. The molecule has 0 atom stereocenters. The quantitative estimate of drug-likeness (QED) is 0.768. The van der Waals surface area contributed by atoms with Gasteiger partial charge in [-0.2, -0.15) is 0 Å². The number of nitrogens with one attached hydrogen (secondary N) is 1. The monoisotopic (exact) mass is 373 g/mol. The number of phenolic OH excluding ortho intramolecular Hbond substituents is 1. The van der Waals surface area contributed by atoms with E-state index in [1.807, 2.05) is 0 Å². The van der Waals surface area contributed by atoms with E-state index in [-0.39, 0.29) is 18.0 Å². The Hall–Kier alpha value is -2.76. The third kappa shape index (κ3) is 4.70. The van der Waals surface area contributed by atoms with Gasteiger partial charge in [-0.3, -0.25) is 0 Å². The molecular formula is C21H27NO5. The van der Waals surface area contributed by atoms with Crippen molar-refractivity contribution in [3.8, 4) is 5.75 Å². The van der Waals surface area contributed by atoms with Gasteiger partial charge >= 0.3 is 11.9 Å². The molecule has 1 aromatic carbocycles. The van der Waals surface area contributed by atoms with E-state index >= 15 is 0 Å². The van der Waals surface area contributed by atoms with Crippen molar-refractivity contribution in [3.63, 3.8) is 0 Å². The number of allylic oxidation sites excluding steroid dienone is 2. The number of rotatable bonds is 5. The van der Waals surface area contributed by atoms with E-state index in [1.54, 1.807) is 53.7 Å². The molecule has 27 heavy (non-hydrogen) atoms. The Kier molecular flexibility index (Phi) is 6.31. The first kappa shape index (κ1) is 20.6. The van der Waals surface area contributed by atoms with Gasteiger partial charge in [0.05, 0.1) is 29.3 Å². The van der Waals surface area contributed by atoms with Crippen LogP contribution in [0.3, 0.4) is 0 Å². The number of dihydropyridines is 1. The highest BCUT2D eigenvalue weighted by atomic mass is 16.5. The zero-order valence-corrected chi connectivity index (χ0v) is 16.6. The summed E-state index contributed by atoms with van der Waals surface area (Å²) in [5.41, 5.74) is 2.65. The van der Waals surface area contributed by atoms with Gasteiger partial charge in [0.2, 0.25) is 0 Å². The summed E-state index contributed by atoms with van der Waals surface area (Å²) in [6.45, 7) is 10.6.